The second-order valence-corrected chi connectivity index (χ2v) is 4.22. The zero-order valence-electron chi connectivity index (χ0n) is 11.0. The highest BCUT2D eigenvalue weighted by Gasteiger charge is 2.12. The number of aryl methyl sites for hydroxylation is 2. The number of hydrogen-bond acceptors (Lipinski definition) is 4. The maximum absolute atomic E-state index is 11.0. The molecule has 98 valence electrons. The Hall–Kier alpha value is -2.43. The zero-order valence-corrected chi connectivity index (χ0v) is 11.0. The normalized spacial score (nSPS) is 10.3. The van der Waals surface area contributed by atoms with Gasteiger partial charge in [0.1, 0.15) is 0 Å². The van der Waals surface area contributed by atoms with E-state index in [9.17, 15) is 4.79 Å². The van der Waals surface area contributed by atoms with Crippen LogP contribution in [0.5, 0.6) is 5.88 Å². The Morgan fingerprint density at radius 2 is 1.89 bits per heavy atom. The van der Waals surface area contributed by atoms with Gasteiger partial charge in [0.2, 0.25) is 5.88 Å². The summed E-state index contributed by atoms with van der Waals surface area (Å²) >= 11 is 0. The minimum Gasteiger partial charge on any atom is -0.481 e. The van der Waals surface area contributed by atoms with Gasteiger partial charge in [-0.05, 0) is 31.0 Å². The maximum atomic E-state index is 11.0. The molecule has 0 atom stereocenters. The van der Waals surface area contributed by atoms with Crippen molar-refractivity contribution in [1.82, 2.24) is 9.97 Å². The van der Waals surface area contributed by atoms with E-state index in [1.165, 1.54) is 13.2 Å². The van der Waals surface area contributed by atoms with Crippen LogP contribution >= 0.6 is 0 Å². The SMILES string of the molecule is COc1cc(C(=O)O)nc(-c2ccc(C)c(C)c2)n1. The summed E-state index contributed by atoms with van der Waals surface area (Å²) < 4.78 is 5.01. The summed E-state index contributed by atoms with van der Waals surface area (Å²) in [6.45, 7) is 3.99. The van der Waals surface area contributed by atoms with Crippen LogP contribution in [0, 0.1) is 13.8 Å². The van der Waals surface area contributed by atoms with E-state index in [0.29, 0.717) is 5.82 Å². The van der Waals surface area contributed by atoms with Crippen molar-refractivity contribution < 1.29 is 14.6 Å². The highest BCUT2D eigenvalue weighted by molar-refractivity contribution is 5.86. The first-order chi connectivity index (χ1) is 9.01. The molecule has 1 aromatic carbocycles. The molecule has 1 heterocycles. The van der Waals surface area contributed by atoms with Crippen molar-refractivity contribution in [3.63, 3.8) is 0 Å². The predicted octanol–water partition coefficient (Wildman–Crippen LogP) is 2.47. The highest BCUT2D eigenvalue weighted by atomic mass is 16.5. The lowest BCUT2D eigenvalue weighted by Gasteiger charge is -2.07. The molecule has 2 rings (SSSR count). The molecule has 0 saturated carbocycles. The fourth-order valence-corrected chi connectivity index (χ4v) is 1.65. The average Bonchev–Trinajstić information content (AvgIpc) is 2.41. The van der Waals surface area contributed by atoms with Crippen LogP contribution in [-0.2, 0) is 0 Å². The molecule has 1 N–H and O–H groups in total. The Bertz CT molecular complexity index is 639. The lowest BCUT2D eigenvalue weighted by Crippen LogP contribution is -2.04. The third-order valence-electron chi connectivity index (χ3n) is 2.90. The third-order valence-corrected chi connectivity index (χ3v) is 2.90. The third kappa shape index (κ3) is 2.70. The summed E-state index contributed by atoms with van der Waals surface area (Å²) in [4.78, 5) is 19.2. The number of benzene rings is 1. The Kier molecular flexibility index (Phi) is 3.46. The number of carbonyl (C=O) groups is 1. The maximum Gasteiger partial charge on any atom is 0.354 e. The van der Waals surface area contributed by atoms with E-state index in [1.807, 2.05) is 32.0 Å². The molecule has 0 fully saturated rings. The quantitative estimate of drug-likeness (QED) is 0.915. The van der Waals surface area contributed by atoms with Gasteiger partial charge in [-0.2, -0.15) is 4.98 Å². The Balaban J connectivity index is 2.57. The summed E-state index contributed by atoms with van der Waals surface area (Å²) in [5.41, 5.74) is 2.94. The van der Waals surface area contributed by atoms with Crippen molar-refractivity contribution in [1.29, 1.82) is 0 Å². The van der Waals surface area contributed by atoms with E-state index >= 15 is 0 Å². The molecular weight excluding hydrogens is 244 g/mol. The minimum atomic E-state index is -1.11. The molecular formula is C14H14N2O3. The first kappa shape index (κ1) is 13.0. The van der Waals surface area contributed by atoms with Gasteiger partial charge in [0.25, 0.3) is 0 Å². The van der Waals surface area contributed by atoms with Gasteiger partial charge in [0.05, 0.1) is 7.11 Å². The van der Waals surface area contributed by atoms with Crippen molar-refractivity contribution in [2.75, 3.05) is 7.11 Å². The molecule has 2 aromatic rings. The molecule has 1 aromatic heterocycles. The van der Waals surface area contributed by atoms with Crippen LogP contribution in [0.1, 0.15) is 21.6 Å². The van der Waals surface area contributed by atoms with Crippen molar-refractivity contribution in [3.05, 3.63) is 41.1 Å². The molecule has 19 heavy (non-hydrogen) atoms. The van der Waals surface area contributed by atoms with Gasteiger partial charge < -0.3 is 9.84 Å². The molecule has 0 amide bonds. The van der Waals surface area contributed by atoms with Crippen molar-refractivity contribution in [3.8, 4) is 17.3 Å². The van der Waals surface area contributed by atoms with Gasteiger partial charge in [-0.15, -0.1) is 0 Å². The minimum absolute atomic E-state index is 0.0833. The van der Waals surface area contributed by atoms with E-state index in [2.05, 4.69) is 9.97 Å². The van der Waals surface area contributed by atoms with E-state index in [4.69, 9.17) is 9.84 Å². The van der Waals surface area contributed by atoms with Gasteiger partial charge in [0.15, 0.2) is 11.5 Å². The largest absolute Gasteiger partial charge is 0.481 e. The van der Waals surface area contributed by atoms with Crippen LogP contribution < -0.4 is 4.74 Å². The van der Waals surface area contributed by atoms with Gasteiger partial charge in [-0.1, -0.05) is 12.1 Å². The summed E-state index contributed by atoms with van der Waals surface area (Å²) in [6, 6.07) is 7.04. The average molecular weight is 258 g/mol. The number of aromatic nitrogens is 2. The fraction of sp³-hybridized carbons (Fsp3) is 0.214. The Morgan fingerprint density at radius 3 is 2.47 bits per heavy atom. The summed E-state index contributed by atoms with van der Waals surface area (Å²) in [5, 5.41) is 9.03. The zero-order chi connectivity index (χ0) is 14.0. The Morgan fingerprint density at radius 1 is 1.16 bits per heavy atom. The van der Waals surface area contributed by atoms with E-state index < -0.39 is 5.97 Å². The van der Waals surface area contributed by atoms with Gasteiger partial charge >= 0.3 is 5.97 Å². The van der Waals surface area contributed by atoms with Crippen molar-refractivity contribution >= 4 is 5.97 Å². The lowest BCUT2D eigenvalue weighted by atomic mass is 10.1. The number of carboxylic acids is 1. The van der Waals surface area contributed by atoms with Gasteiger partial charge in [-0.25, -0.2) is 9.78 Å². The summed E-state index contributed by atoms with van der Waals surface area (Å²) in [5.74, 6) is -0.522. The van der Waals surface area contributed by atoms with Gasteiger partial charge in [0, 0.05) is 11.6 Å². The van der Waals surface area contributed by atoms with Crippen molar-refractivity contribution in [2.45, 2.75) is 13.8 Å². The number of hydrogen-bond donors (Lipinski definition) is 1. The van der Waals surface area contributed by atoms with Crippen LogP contribution in [-0.4, -0.2) is 28.2 Å². The van der Waals surface area contributed by atoms with Crippen molar-refractivity contribution in [2.24, 2.45) is 0 Å². The standard InChI is InChI=1S/C14H14N2O3/c1-8-4-5-10(6-9(8)2)13-15-11(14(17)18)7-12(16-13)19-3/h4-7H,1-3H3,(H,17,18). The molecule has 0 spiro atoms. The number of methoxy groups -OCH3 is 1. The van der Waals surface area contributed by atoms with Crippen LogP contribution in [0.4, 0.5) is 0 Å². The first-order valence-corrected chi connectivity index (χ1v) is 5.75. The lowest BCUT2D eigenvalue weighted by molar-refractivity contribution is 0.0690. The van der Waals surface area contributed by atoms with E-state index in [-0.39, 0.29) is 11.6 Å². The molecule has 0 aliphatic carbocycles. The number of carboxylic acid groups (broad SMARTS) is 1. The fourth-order valence-electron chi connectivity index (χ4n) is 1.65. The number of nitrogens with zero attached hydrogens (tertiary/aromatic N) is 2. The van der Waals surface area contributed by atoms with E-state index in [0.717, 1.165) is 16.7 Å². The molecule has 5 heteroatoms. The highest BCUT2D eigenvalue weighted by Crippen LogP contribution is 2.21. The molecule has 5 nitrogen and oxygen atoms in total. The molecule has 0 saturated heterocycles. The molecule has 0 aliphatic heterocycles. The predicted molar refractivity (Wildman–Crippen MR) is 70.5 cm³/mol. The van der Waals surface area contributed by atoms with E-state index in [1.54, 1.807) is 0 Å². The number of aromatic carboxylic acids is 1. The van der Waals surface area contributed by atoms with Crippen LogP contribution in [0.25, 0.3) is 11.4 Å². The van der Waals surface area contributed by atoms with Crippen LogP contribution in [0.2, 0.25) is 0 Å². The molecule has 0 radical (unpaired) electrons. The Labute approximate surface area is 110 Å². The first-order valence-electron chi connectivity index (χ1n) is 5.75. The van der Waals surface area contributed by atoms with Crippen LogP contribution in [0.15, 0.2) is 24.3 Å². The molecule has 0 aliphatic rings. The monoisotopic (exact) mass is 258 g/mol. The molecule has 0 bridgehead atoms. The second kappa shape index (κ2) is 5.06. The number of rotatable bonds is 3. The van der Waals surface area contributed by atoms with Crippen LogP contribution in [0.3, 0.4) is 0 Å². The topological polar surface area (TPSA) is 72.3 Å². The smallest absolute Gasteiger partial charge is 0.354 e. The number of ether oxygens (including phenoxy) is 1. The second-order valence-electron chi connectivity index (χ2n) is 4.22. The molecule has 0 unspecified atom stereocenters. The summed E-state index contributed by atoms with van der Waals surface area (Å²) in [6.07, 6.45) is 0. The van der Waals surface area contributed by atoms with Gasteiger partial charge in [-0.3, -0.25) is 0 Å². The summed E-state index contributed by atoms with van der Waals surface area (Å²) in [7, 11) is 1.44.